The highest BCUT2D eigenvalue weighted by atomic mass is 16.3. The summed E-state index contributed by atoms with van der Waals surface area (Å²) >= 11 is 0. The number of fused-ring (bicyclic) bond motifs is 1. The van der Waals surface area contributed by atoms with Crippen LogP contribution in [0.1, 0.15) is 59.8 Å². The lowest BCUT2D eigenvalue weighted by atomic mass is 9.59. The smallest absolute Gasteiger partial charge is 0.142 e. The number of carbonyl (C=O) groups excluding carboxylic acids is 1. The van der Waals surface area contributed by atoms with E-state index in [1.165, 1.54) is 5.57 Å². The van der Waals surface area contributed by atoms with Crippen LogP contribution in [0.4, 0.5) is 0 Å². The predicted molar refractivity (Wildman–Crippen MR) is 68.7 cm³/mol. The molecule has 0 spiro atoms. The minimum absolute atomic E-state index is 0.109. The summed E-state index contributed by atoms with van der Waals surface area (Å²) in [5.74, 6) is 0.350. The highest BCUT2D eigenvalue weighted by molar-refractivity contribution is 5.88. The number of allylic oxidation sites excluding steroid dienone is 1. The van der Waals surface area contributed by atoms with E-state index in [1.54, 1.807) is 0 Å². The number of aliphatic hydroxyl groups is 1. The molecule has 0 saturated heterocycles. The first-order valence-electron chi connectivity index (χ1n) is 6.64. The van der Waals surface area contributed by atoms with E-state index in [4.69, 9.17) is 0 Å². The Hall–Kier alpha value is -0.630. The number of carbonyl (C=O) groups is 1. The van der Waals surface area contributed by atoms with Gasteiger partial charge in [0.05, 0.1) is 5.60 Å². The van der Waals surface area contributed by atoms with Crippen LogP contribution in [0.2, 0.25) is 0 Å². The summed E-state index contributed by atoms with van der Waals surface area (Å²) in [7, 11) is 0. The van der Waals surface area contributed by atoms with E-state index < -0.39 is 5.60 Å². The van der Waals surface area contributed by atoms with Gasteiger partial charge in [0.2, 0.25) is 0 Å². The molecule has 0 radical (unpaired) electrons. The summed E-state index contributed by atoms with van der Waals surface area (Å²) in [6, 6.07) is 0. The third kappa shape index (κ3) is 2.08. The second-order valence-electron chi connectivity index (χ2n) is 6.93. The van der Waals surface area contributed by atoms with Gasteiger partial charge in [-0.25, -0.2) is 0 Å². The van der Waals surface area contributed by atoms with Crippen molar-refractivity contribution in [2.24, 2.45) is 10.8 Å². The predicted octanol–water partition coefficient (Wildman–Crippen LogP) is 3.24. The fourth-order valence-corrected chi connectivity index (χ4v) is 3.47. The van der Waals surface area contributed by atoms with Crippen LogP contribution in [0.15, 0.2) is 11.6 Å². The van der Waals surface area contributed by atoms with Crippen LogP contribution in [0, 0.1) is 10.8 Å². The Balaban J connectivity index is 2.43. The third-order valence-corrected chi connectivity index (χ3v) is 4.89. The Labute approximate surface area is 104 Å². The SMILES string of the molecule is CC1(C)C(=O)CC[C@@]2(C)CC[C@](C)(O)CC=C12. The Morgan fingerprint density at radius 3 is 2.41 bits per heavy atom. The van der Waals surface area contributed by atoms with Gasteiger partial charge in [0, 0.05) is 11.8 Å². The van der Waals surface area contributed by atoms with Crippen molar-refractivity contribution in [1.82, 2.24) is 0 Å². The van der Waals surface area contributed by atoms with Gasteiger partial charge in [-0.1, -0.05) is 18.6 Å². The maximum atomic E-state index is 12.1. The fraction of sp³-hybridized carbons (Fsp3) is 0.800. The summed E-state index contributed by atoms with van der Waals surface area (Å²) in [5.41, 5.74) is 0.427. The number of Topliss-reactive ketones (excluding diaryl/α,β-unsaturated/α-hetero) is 1. The number of ketones is 1. The van der Waals surface area contributed by atoms with E-state index in [0.29, 0.717) is 18.6 Å². The molecule has 2 heteroatoms. The topological polar surface area (TPSA) is 37.3 Å². The Morgan fingerprint density at radius 2 is 1.76 bits per heavy atom. The minimum Gasteiger partial charge on any atom is -0.390 e. The molecule has 0 amide bonds. The molecule has 96 valence electrons. The molecule has 17 heavy (non-hydrogen) atoms. The van der Waals surface area contributed by atoms with E-state index in [9.17, 15) is 9.90 Å². The summed E-state index contributed by atoms with van der Waals surface area (Å²) in [6.07, 6.45) is 6.26. The number of hydrogen-bond donors (Lipinski definition) is 1. The molecular weight excluding hydrogens is 212 g/mol. The van der Waals surface area contributed by atoms with Crippen LogP contribution in [0.25, 0.3) is 0 Å². The van der Waals surface area contributed by atoms with Gasteiger partial charge in [-0.15, -0.1) is 0 Å². The third-order valence-electron chi connectivity index (χ3n) is 4.89. The molecule has 1 saturated carbocycles. The van der Waals surface area contributed by atoms with Crippen molar-refractivity contribution in [3.05, 3.63) is 11.6 Å². The largest absolute Gasteiger partial charge is 0.390 e. The van der Waals surface area contributed by atoms with Crippen LogP contribution in [-0.4, -0.2) is 16.5 Å². The summed E-state index contributed by atoms with van der Waals surface area (Å²) in [5, 5.41) is 10.2. The normalized spacial score (nSPS) is 41.5. The lowest BCUT2D eigenvalue weighted by molar-refractivity contribution is -0.128. The van der Waals surface area contributed by atoms with E-state index in [1.807, 2.05) is 20.8 Å². The molecule has 0 aromatic carbocycles. The van der Waals surface area contributed by atoms with Crippen LogP contribution in [0.3, 0.4) is 0 Å². The average molecular weight is 236 g/mol. The zero-order chi connectivity index (χ0) is 12.9. The van der Waals surface area contributed by atoms with Crippen molar-refractivity contribution in [3.8, 4) is 0 Å². The Morgan fingerprint density at radius 1 is 1.12 bits per heavy atom. The molecule has 0 unspecified atom stereocenters. The lowest BCUT2D eigenvalue weighted by Crippen LogP contribution is -2.40. The first-order chi connectivity index (χ1) is 7.67. The maximum absolute atomic E-state index is 12.1. The first kappa shape index (κ1) is 12.8. The zero-order valence-corrected chi connectivity index (χ0v) is 11.5. The van der Waals surface area contributed by atoms with Crippen LogP contribution in [0.5, 0.6) is 0 Å². The van der Waals surface area contributed by atoms with Crippen molar-refractivity contribution in [2.45, 2.75) is 65.4 Å². The van der Waals surface area contributed by atoms with E-state index >= 15 is 0 Å². The number of rotatable bonds is 0. The standard InChI is InChI=1S/C15H24O2/c1-13(2)11-5-8-15(4,17)10-9-14(11,3)7-6-12(13)16/h5,17H,6-10H2,1-4H3/t14-,15+/m0/s1. The van der Waals surface area contributed by atoms with Crippen molar-refractivity contribution < 1.29 is 9.90 Å². The molecular formula is C15H24O2. The molecule has 0 heterocycles. The van der Waals surface area contributed by atoms with Gasteiger partial charge in [-0.05, 0) is 51.9 Å². The van der Waals surface area contributed by atoms with Crippen molar-refractivity contribution in [1.29, 1.82) is 0 Å². The fourth-order valence-electron chi connectivity index (χ4n) is 3.47. The van der Waals surface area contributed by atoms with Crippen molar-refractivity contribution in [2.75, 3.05) is 0 Å². The lowest BCUT2D eigenvalue weighted by Gasteiger charge is -2.44. The van der Waals surface area contributed by atoms with Crippen molar-refractivity contribution >= 4 is 5.78 Å². The van der Waals surface area contributed by atoms with Gasteiger partial charge >= 0.3 is 0 Å². The van der Waals surface area contributed by atoms with E-state index in [0.717, 1.165) is 19.3 Å². The molecule has 1 N–H and O–H groups in total. The maximum Gasteiger partial charge on any atom is 0.142 e. The number of hydrogen-bond acceptors (Lipinski definition) is 2. The summed E-state index contributed by atoms with van der Waals surface area (Å²) in [6.45, 7) is 8.24. The highest BCUT2D eigenvalue weighted by Crippen LogP contribution is 2.53. The van der Waals surface area contributed by atoms with Gasteiger partial charge < -0.3 is 5.11 Å². The van der Waals surface area contributed by atoms with Crippen LogP contribution in [-0.2, 0) is 4.79 Å². The van der Waals surface area contributed by atoms with Gasteiger partial charge in [0.25, 0.3) is 0 Å². The van der Waals surface area contributed by atoms with Gasteiger partial charge in [0.15, 0.2) is 0 Å². The van der Waals surface area contributed by atoms with Gasteiger partial charge in [0.1, 0.15) is 5.78 Å². The van der Waals surface area contributed by atoms with E-state index in [-0.39, 0.29) is 10.8 Å². The van der Waals surface area contributed by atoms with E-state index in [2.05, 4.69) is 13.0 Å². The minimum atomic E-state index is -0.605. The molecule has 2 nitrogen and oxygen atoms in total. The van der Waals surface area contributed by atoms with Crippen LogP contribution < -0.4 is 0 Å². The second-order valence-corrected chi connectivity index (χ2v) is 6.93. The van der Waals surface area contributed by atoms with Gasteiger partial charge in [-0.3, -0.25) is 4.79 Å². The molecule has 2 atom stereocenters. The monoisotopic (exact) mass is 236 g/mol. The first-order valence-corrected chi connectivity index (χ1v) is 6.64. The second kappa shape index (κ2) is 3.68. The average Bonchev–Trinajstić information content (AvgIpc) is 2.33. The highest BCUT2D eigenvalue weighted by Gasteiger charge is 2.47. The molecule has 0 aromatic heterocycles. The molecule has 0 aromatic rings. The molecule has 0 bridgehead atoms. The Bertz CT molecular complexity index is 376. The molecule has 2 aliphatic rings. The summed E-state index contributed by atoms with van der Waals surface area (Å²) in [4.78, 5) is 12.1. The Kier molecular flexibility index (Phi) is 2.77. The quantitative estimate of drug-likeness (QED) is 0.656. The van der Waals surface area contributed by atoms with Gasteiger partial charge in [-0.2, -0.15) is 0 Å². The molecule has 2 rings (SSSR count). The van der Waals surface area contributed by atoms with Crippen molar-refractivity contribution in [3.63, 3.8) is 0 Å². The molecule has 1 fully saturated rings. The van der Waals surface area contributed by atoms with Crippen LogP contribution >= 0.6 is 0 Å². The summed E-state index contributed by atoms with van der Waals surface area (Å²) < 4.78 is 0. The molecule has 2 aliphatic carbocycles. The molecule has 0 aliphatic heterocycles. The zero-order valence-electron chi connectivity index (χ0n) is 11.5.